The van der Waals surface area contributed by atoms with Crippen LogP contribution in [0.3, 0.4) is 0 Å². The summed E-state index contributed by atoms with van der Waals surface area (Å²) in [5, 5.41) is 8.96. The molecule has 1 aromatic rings. The molecule has 1 heterocycles. The highest BCUT2D eigenvalue weighted by Crippen LogP contribution is 2.61. The van der Waals surface area contributed by atoms with Crippen molar-refractivity contribution < 1.29 is 23.6 Å². The Morgan fingerprint density at radius 1 is 1.20 bits per heavy atom. The number of nitrogens with zero attached hydrogens (tertiary/aromatic N) is 1. The maximum absolute atomic E-state index is 12.5. The van der Waals surface area contributed by atoms with Crippen LogP contribution in [0.4, 0.5) is 5.82 Å². The molecule has 4 fully saturated rings. The molecule has 8 nitrogen and oxygen atoms in total. The Balaban J connectivity index is 1.23. The van der Waals surface area contributed by atoms with Gasteiger partial charge in [0, 0.05) is 12.5 Å². The second-order valence-electron chi connectivity index (χ2n) is 9.57. The number of rotatable bonds is 8. The monoisotopic (exact) mass is 417 g/mol. The van der Waals surface area contributed by atoms with Crippen molar-refractivity contribution in [3.8, 4) is 0 Å². The highest BCUT2D eigenvalue weighted by molar-refractivity contribution is 5.94. The number of esters is 1. The Morgan fingerprint density at radius 3 is 2.37 bits per heavy atom. The van der Waals surface area contributed by atoms with Gasteiger partial charge in [0.05, 0.1) is 0 Å². The molecule has 0 aromatic carbocycles. The van der Waals surface area contributed by atoms with Crippen molar-refractivity contribution in [3.05, 3.63) is 11.8 Å². The number of nitrogens with one attached hydrogen (secondary N) is 2. The number of anilines is 1. The fraction of sp³-hybridized carbons (Fsp3) is 0.727. The smallest absolute Gasteiger partial charge is 0.326 e. The summed E-state index contributed by atoms with van der Waals surface area (Å²) in [6.45, 7) is 3.24. The molecule has 4 bridgehead atoms. The average molecular weight is 418 g/mol. The number of amides is 2. The number of aromatic nitrogens is 1. The van der Waals surface area contributed by atoms with Crippen molar-refractivity contribution in [1.29, 1.82) is 0 Å². The Bertz CT molecular complexity index is 782. The third-order valence-electron chi connectivity index (χ3n) is 6.95. The van der Waals surface area contributed by atoms with Crippen LogP contribution in [0.25, 0.3) is 0 Å². The second kappa shape index (κ2) is 8.40. The largest absolute Gasteiger partial charge is 0.451 e. The Morgan fingerprint density at radius 2 is 1.83 bits per heavy atom. The first kappa shape index (κ1) is 20.9. The minimum atomic E-state index is -0.949. The van der Waals surface area contributed by atoms with Gasteiger partial charge < -0.3 is 19.9 Å². The van der Waals surface area contributed by atoms with Crippen molar-refractivity contribution in [3.63, 3.8) is 0 Å². The van der Waals surface area contributed by atoms with E-state index >= 15 is 0 Å². The van der Waals surface area contributed by atoms with Gasteiger partial charge in [-0.1, -0.05) is 12.1 Å². The molecular weight excluding hydrogens is 386 g/mol. The molecule has 164 valence electrons. The molecule has 4 aliphatic carbocycles. The predicted octanol–water partition coefficient (Wildman–Crippen LogP) is 2.97. The van der Waals surface area contributed by atoms with Crippen molar-refractivity contribution in [2.75, 3.05) is 11.9 Å². The molecule has 0 aliphatic heterocycles. The van der Waals surface area contributed by atoms with Crippen LogP contribution in [-0.2, 0) is 19.1 Å². The van der Waals surface area contributed by atoms with Gasteiger partial charge in [-0.25, -0.2) is 0 Å². The van der Waals surface area contributed by atoms with Gasteiger partial charge in [0.25, 0.3) is 5.91 Å². The first-order chi connectivity index (χ1) is 14.3. The predicted molar refractivity (Wildman–Crippen MR) is 108 cm³/mol. The summed E-state index contributed by atoms with van der Waals surface area (Å²) in [6, 6.07) is 1.58. The highest BCUT2D eigenvalue weighted by atomic mass is 16.5. The number of aryl methyl sites for hydroxylation is 1. The van der Waals surface area contributed by atoms with E-state index in [-0.39, 0.29) is 23.7 Å². The molecule has 0 unspecified atom stereocenters. The zero-order chi connectivity index (χ0) is 21.3. The van der Waals surface area contributed by atoms with E-state index in [0.29, 0.717) is 18.6 Å². The van der Waals surface area contributed by atoms with Crippen molar-refractivity contribution >= 4 is 23.6 Å². The lowest BCUT2D eigenvalue weighted by molar-refractivity contribution is -0.154. The molecule has 1 atom stereocenters. The number of carbonyl (C=O) groups excluding carboxylic acids is 3. The van der Waals surface area contributed by atoms with Crippen LogP contribution < -0.4 is 10.6 Å². The van der Waals surface area contributed by atoms with E-state index in [0.717, 1.165) is 37.0 Å². The molecule has 0 saturated heterocycles. The molecule has 30 heavy (non-hydrogen) atoms. The molecule has 1 aromatic heterocycles. The van der Waals surface area contributed by atoms with Crippen LogP contribution in [0.1, 0.15) is 64.1 Å². The zero-order valence-corrected chi connectivity index (χ0v) is 17.7. The lowest BCUT2D eigenvalue weighted by Crippen LogP contribution is -2.48. The highest BCUT2D eigenvalue weighted by Gasteiger charge is 2.51. The lowest BCUT2D eigenvalue weighted by atomic mass is 9.49. The SMILES string of the molecule is CC[C@H](OC(=O)CNC(=O)CC12CC3CC(CC(C3)C1)C2)C(=O)Nc1cc(C)on1. The van der Waals surface area contributed by atoms with Crippen molar-refractivity contribution in [2.24, 2.45) is 23.2 Å². The van der Waals surface area contributed by atoms with Gasteiger partial charge in [-0.05, 0) is 75.0 Å². The van der Waals surface area contributed by atoms with E-state index < -0.39 is 18.0 Å². The first-order valence-corrected chi connectivity index (χ1v) is 11.0. The first-order valence-electron chi connectivity index (χ1n) is 11.0. The fourth-order valence-electron chi connectivity index (χ4n) is 6.23. The normalized spacial score (nSPS) is 30.0. The summed E-state index contributed by atoms with van der Waals surface area (Å²) in [6.07, 6.45) is 7.31. The van der Waals surface area contributed by atoms with Gasteiger partial charge in [0.15, 0.2) is 11.9 Å². The molecular formula is C22H31N3O5. The van der Waals surface area contributed by atoms with Gasteiger partial charge in [0.1, 0.15) is 12.3 Å². The molecule has 4 saturated carbocycles. The molecule has 0 radical (unpaired) electrons. The van der Waals surface area contributed by atoms with Crippen molar-refractivity contribution in [1.82, 2.24) is 10.5 Å². The standard InChI is InChI=1S/C22H31N3O5/c1-3-17(21(28)24-18-4-13(2)30-25-18)29-20(27)12-23-19(26)11-22-8-14-5-15(9-22)7-16(6-14)10-22/h4,14-17H,3,5-12H2,1-2H3,(H,23,26)(H,24,25,28)/t14?,15?,16?,17-,22?/m0/s1. The van der Waals surface area contributed by atoms with E-state index in [2.05, 4.69) is 15.8 Å². The Labute approximate surface area is 176 Å². The summed E-state index contributed by atoms with van der Waals surface area (Å²) in [5.41, 5.74) is 0.129. The Kier molecular flexibility index (Phi) is 5.84. The van der Waals surface area contributed by atoms with Gasteiger partial charge in [-0.15, -0.1) is 0 Å². The number of hydrogen-bond acceptors (Lipinski definition) is 6. The molecule has 2 N–H and O–H groups in total. The molecule has 4 aliphatic rings. The van der Waals surface area contributed by atoms with E-state index in [1.807, 2.05) is 0 Å². The third kappa shape index (κ3) is 4.68. The van der Waals surface area contributed by atoms with Gasteiger partial charge in [-0.2, -0.15) is 0 Å². The van der Waals surface area contributed by atoms with Crippen LogP contribution in [0, 0.1) is 30.1 Å². The second-order valence-corrected chi connectivity index (χ2v) is 9.57. The molecule has 2 amide bonds. The van der Waals surface area contributed by atoms with Gasteiger partial charge in [-0.3, -0.25) is 14.4 Å². The number of carbonyl (C=O) groups is 3. The summed E-state index contributed by atoms with van der Waals surface area (Å²) in [7, 11) is 0. The topological polar surface area (TPSA) is 111 Å². The van der Waals surface area contributed by atoms with Crippen molar-refractivity contribution in [2.45, 2.75) is 71.3 Å². The average Bonchev–Trinajstić information content (AvgIpc) is 3.07. The molecule has 8 heteroatoms. The number of hydrogen-bond donors (Lipinski definition) is 2. The summed E-state index contributed by atoms with van der Waals surface area (Å²) in [5.74, 6) is 2.01. The lowest BCUT2D eigenvalue weighted by Gasteiger charge is -2.56. The van der Waals surface area contributed by atoms with Gasteiger partial charge in [0.2, 0.25) is 5.91 Å². The van der Waals surface area contributed by atoms with E-state index in [4.69, 9.17) is 9.26 Å². The molecule has 5 rings (SSSR count). The van der Waals surface area contributed by atoms with Crippen LogP contribution in [0.15, 0.2) is 10.6 Å². The number of ether oxygens (including phenoxy) is 1. The van der Waals surface area contributed by atoms with Crippen LogP contribution >= 0.6 is 0 Å². The van der Waals surface area contributed by atoms with Gasteiger partial charge >= 0.3 is 5.97 Å². The minimum absolute atomic E-state index is 0.0931. The van der Waals surface area contributed by atoms with E-state index in [1.165, 1.54) is 19.3 Å². The quantitative estimate of drug-likeness (QED) is 0.629. The molecule has 0 spiro atoms. The Hall–Kier alpha value is -2.38. The zero-order valence-electron chi connectivity index (χ0n) is 17.7. The van der Waals surface area contributed by atoms with E-state index in [1.54, 1.807) is 19.9 Å². The third-order valence-corrected chi connectivity index (χ3v) is 6.95. The summed E-state index contributed by atoms with van der Waals surface area (Å²) < 4.78 is 10.2. The maximum atomic E-state index is 12.5. The van der Waals surface area contributed by atoms with Crippen LogP contribution in [0.5, 0.6) is 0 Å². The maximum Gasteiger partial charge on any atom is 0.326 e. The van der Waals surface area contributed by atoms with Crippen LogP contribution in [0.2, 0.25) is 0 Å². The fourth-order valence-corrected chi connectivity index (χ4v) is 6.23. The van der Waals surface area contributed by atoms with Crippen LogP contribution in [-0.4, -0.2) is 35.6 Å². The summed E-state index contributed by atoms with van der Waals surface area (Å²) >= 11 is 0. The summed E-state index contributed by atoms with van der Waals surface area (Å²) in [4.78, 5) is 37.0. The minimum Gasteiger partial charge on any atom is -0.451 e. The van der Waals surface area contributed by atoms with E-state index in [9.17, 15) is 14.4 Å².